The summed E-state index contributed by atoms with van der Waals surface area (Å²) in [5, 5.41) is 9.01. The van der Waals surface area contributed by atoms with Gasteiger partial charge >= 0.3 is 0 Å². The van der Waals surface area contributed by atoms with Gasteiger partial charge in [0, 0.05) is 49.3 Å². The molecule has 0 radical (unpaired) electrons. The number of halogens is 1. The van der Waals surface area contributed by atoms with Crippen LogP contribution >= 0.6 is 15.9 Å². The fraction of sp³-hybridized carbons (Fsp3) is 0.600. The molecular weight excluding hydrogens is 318 g/mol. The minimum atomic E-state index is 0.0914. The summed E-state index contributed by atoms with van der Waals surface area (Å²) in [6, 6.07) is 8.77. The number of hydrogen-bond donors (Lipinski definition) is 2. The summed E-state index contributed by atoms with van der Waals surface area (Å²) < 4.78 is 1.10. The van der Waals surface area contributed by atoms with Gasteiger partial charge in [-0.05, 0) is 24.6 Å². The molecule has 0 amide bonds. The van der Waals surface area contributed by atoms with Crippen LogP contribution in [0.3, 0.4) is 0 Å². The predicted octanol–water partition coefficient (Wildman–Crippen LogP) is 1.45. The van der Waals surface area contributed by atoms with Crippen molar-refractivity contribution in [2.45, 2.75) is 19.0 Å². The molecule has 112 valence electrons. The normalized spacial score (nSPS) is 20.8. The molecule has 2 unspecified atom stereocenters. The Morgan fingerprint density at radius 2 is 2.00 bits per heavy atom. The molecule has 1 aliphatic heterocycles. The Morgan fingerprint density at radius 1 is 1.30 bits per heavy atom. The summed E-state index contributed by atoms with van der Waals surface area (Å²) in [5.41, 5.74) is 7.50. The second kappa shape index (κ2) is 7.52. The van der Waals surface area contributed by atoms with Crippen molar-refractivity contribution in [2.24, 2.45) is 5.73 Å². The zero-order valence-corrected chi connectivity index (χ0v) is 13.6. The van der Waals surface area contributed by atoms with Gasteiger partial charge in [0.2, 0.25) is 0 Å². The summed E-state index contributed by atoms with van der Waals surface area (Å²) in [6.45, 7) is 7.08. The van der Waals surface area contributed by atoms with Crippen molar-refractivity contribution in [3.63, 3.8) is 0 Å². The van der Waals surface area contributed by atoms with Gasteiger partial charge < -0.3 is 10.8 Å². The molecule has 1 saturated heterocycles. The Balaban J connectivity index is 2.07. The third kappa shape index (κ3) is 4.02. The summed E-state index contributed by atoms with van der Waals surface area (Å²) in [4.78, 5) is 4.76. The molecular formula is C15H24BrN3O. The number of aliphatic hydroxyl groups excluding tert-OH is 1. The maximum atomic E-state index is 9.01. The zero-order chi connectivity index (χ0) is 14.5. The van der Waals surface area contributed by atoms with Crippen LogP contribution in [0, 0.1) is 0 Å². The van der Waals surface area contributed by atoms with E-state index in [1.807, 2.05) is 6.07 Å². The average molecular weight is 342 g/mol. The number of β-amino-alcohol motifs (C(OH)–C–C–N with tert-alkyl or cyclic N) is 1. The van der Waals surface area contributed by atoms with Crippen molar-refractivity contribution < 1.29 is 5.11 Å². The molecule has 1 aromatic rings. The lowest BCUT2D eigenvalue weighted by atomic mass is 9.98. The van der Waals surface area contributed by atoms with Crippen molar-refractivity contribution in [3.05, 3.63) is 34.3 Å². The van der Waals surface area contributed by atoms with Gasteiger partial charge in [0.05, 0.1) is 6.61 Å². The fourth-order valence-corrected chi connectivity index (χ4v) is 3.36. The predicted molar refractivity (Wildman–Crippen MR) is 85.6 cm³/mol. The van der Waals surface area contributed by atoms with Crippen LogP contribution in [0.4, 0.5) is 0 Å². The molecule has 3 N–H and O–H groups in total. The van der Waals surface area contributed by atoms with E-state index in [2.05, 4.69) is 50.9 Å². The van der Waals surface area contributed by atoms with Crippen LogP contribution in [0.5, 0.6) is 0 Å². The van der Waals surface area contributed by atoms with Crippen molar-refractivity contribution in [1.29, 1.82) is 0 Å². The molecule has 2 rings (SSSR count). The van der Waals surface area contributed by atoms with E-state index in [1.54, 1.807) is 0 Å². The molecule has 0 spiro atoms. The molecule has 2 atom stereocenters. The molecule has 1 aromatic carbocycles. The molecule has 5 heteroatoms. The van der Waals surface area contributed by atoms with Crippen LogP contribution in [0.15, 0.2) is 28.7 Å². The molecule has 0 aliphatic carbocycles. The highest BCUT2D eigenvalue weighted by molar-refractivity contribution is 9.10. The van der Waals surface area contributed by atoms with Crippen molar-refractivity contribution in [1.82, 2.24) is 9.80 Å². The topological polar surface area (TPSA) is 52.7 Å². The SMILES string of the molecule is CC(N)C(c1cccc(Br)c1)N1CCN(CCO)CC1. The van der Waals surface area contributed by atoms with Gasteiger partial charge in [-0.2, -0.15) is 0 Å². The Kier molecular flexibility index (Phi) is 5.99. The maximum absolute atomic E-state index is 9.01. The van der Waals surface area contributed by atoms with Gasteiger partial charge in [-0.1, -0.05) is 28.1 Å². The minimum absolute atomic E-state index is 0.0914. The second-order valence-corrected chi connectivity index (χ2v) is 6.38. The standard InChI is InChI=1S/C15H24BrN3O/c1-12(17)15(13-3-2-4-14(16)11-13)19-7-5-18(6-8-19)9-10-20/h2-4,11-12,15,20H,5-10,17H2,1H3. The third-order valence-corrected chi connectivity index (χ3v) is 4.40. The lowest BCUT2D eigenvalue weighted by Gasteiger charge is -2.41. The van der Waals surface area contributed by atoms with Gasteiger partial charge in [0.15, 0.2) is 0 Å². The highest BCUT2D eigenvalue weighted by Gasteiger charge is 2.27. The molecule has 20 heavy (non-hydrogen) atoms. The number of benzene rings is 1. The Hall–Kier alpha value is -0.460. The van der Waals surface area contributed by atoms with E-state index >= 15 is 0 Å². The van der Waals surface area contributed by atoms with Crippen molar-refractivity contribution >= 4 is 15.9 Å². The Morgan fingerprint density at radius 3 is 2.55 bits per heavy atom. The first kappa shape index (κ1) is 15.9. The average Bonchev–Trinajstić information content (AvgIpc) is 2.41. The van der Waals surface area contributed by atoms with Gasteiger partial charge in [-0.3, -0.25) is 9.80 Å². The van der Waals surface area contributed by atoms with Gasteiger partial charge in [-0.15, -0.1) is 0 Å². The Bertz CT molecular complexity index is 419. The monoisotopic (exact) mass is 341 g/mol. The number of nitrogens with two attached hydrogens (primary N) is 1. The van der Waals surface area contributed by atoms with Crippen LogP contribution in [-0.2, 0) is 0 Å². The van der Waals surface area contributed by atoms with Crippen molar-refractivity contribution in [2.75, 3.05) is 39.3 Å². The summed E-state index contributed by atoms with van der Waals surface area (Å²) in [7, 11) is 0. The van der Waals surface area contributed by atoms with Crippen LogP contribution in [0.1, 0.15) is 18.5 Å². The smallest absolute Gasteiger partial charge is 0.0558 e. The molecule has 4 nitrogen and oxygen atoms in total. The van der Waals surface area contributed by atoms with Gasteiger partial charge in [0.1, 0.15) is 0 Å². The fourth-order valence-electron chi connectivity index (χ4n) is 2.94. The van der Waals surface area contributed by atoms with E-state index in [-0.39, 0.29) is 18.7 Å². The first-order valence-corrected chi connectivity index (χ1v) is 7.99. The third-order valence-electron chi connectivity index (χ3n) is 3.90. The van der Waals surface area contributed by atoms with E-state index < -0.39 is 0 Å². The Labute approximate surface area is 129 Å². The van der Waals surface area contributed by atoms with Crippen LogP contribution in [-0.4, -0.2) is 60.3 Å². The number of piperazine rings is 1. The molecule has 0 aromatic heterocycles. The molecule has 0 saturated carbocycles. The summed E-state index contributed by atoms with van der Waals surface area (Å²) in [6.07, 6.45) is 0. The maximum Gasteiger partial charge on any atom is 0.0558 e. The summed E-state index contributed by atoms with van der Waals surface area (Å²) in [5.74, 6) is 0. The van der Waals surface area contributed by atoms with E-state index in [0.717, 1.165) is 37.2 Å². The number of rotatable bonds is 5. The largest absolute Gasteiger partial charge is 0.395 e. The van der Waals surface area contributed by atoms with Crippen LogP contribution in [0.2, 0.25) is 0 Å². The van der Waals surface area contributed by atoms with E-state index in [4.69, 9.17) is 10.8 Å². The summed E-state index contributed by atoms with van der Waals surface area (Å²) >= 11 is 3.54. The highest BCUT2D eigenvalue weighted by Crippen LogP contribution is 2.26. The van der Waals surface area contributed by atoms with E-state index in [1.165, 1.54) is 5.56 Å². The first-order valence-electron chi connectivity index (χ1n) is 7.20. The van der Waals surface area contributed by atoms with Crippen LogP contribution in [0.25, 0.3) is 0 Å². The molecule has 0 bridgehead atoms. The number of nitrogens with zero attached hydrogens (tertiary/aromatic N) is 2. The van der Waals surface area contributed by atoms with Crippen molar-refractivity contribution in [3.8, 4) is 0 Å². The first-order chi connectivity index (χ1) is 9.61. The minimum Gasteiger partial charge on any atom is -0.395 e. The zero-order valence-electron chi connectivity index (χ0n) is 12.0. The van der Waals surface area contributed by atoms with E-state index in [9.17, 15) is 0 Å². The number of hydrogen-bond acceptors (Lipinski definition) is 4. The van der Waals surface area contributed by atoms with Gasteiger partial charge in [-0.25, -0.2) is 0 Å². The highest BCUT2D eigenvalue weighted by atomic mass is 79.9. The lowest BCUT2D eigenvalue weighted by molar-refractivity contribution is 0.0760. The lowest BCUT2D eigenvalue weighted by Crippen LogP contribution is -2.51. The second-order valence-electron chi connectivity index (χ2n) is 5.46. The molecule has 1 heterocycles. The van der Waals surface area contributed by atoms with Crippen LogP contribution < -0.4 is 5.73 Å². The molecule has 1 fully saturated rings. The number of aliphatic hydroxyl groups is 1. The molecule has 1 aliphatic rings. The van der Waals surface area contributed by atoms with Gasteiger partial charge in [0.25, 0.3) is 0 Å². The van der Waals surface area contributed by atoms with E-state index in [0.29, 0.717) is 0 Å². The quantitative estimate of drug-likeness (QED) is 0.851.